The van der Waals surface area contributed by atoms with E-state index in [-0.39, 0.29) is 11.8 Å². The fourth-order valence-electron chi connectivity index (χ4n) is 3.76. The molecule has 1 saturated heterocycles. The molecule has 1 aliphatic rings. The number of likely N-dealkylation sites (N-methyl/N-ethyl adjacent to an activating group) is 1. The number of nitrogens with zero attached hydrogens (tertiary/aromatic N) is 4. The van der Waals surface area contributed by atoms with Gasteiger partial charge in [0.1, 0.15) is 5.54 Å². The third-order valence-electron chi connectivity index (χ3n) is 5.42. The third-order valence-corrected chi connectivity index (χ3v) is 5.42. The Kier molecular flexibility index (Phi) is 6.14. The highest BCUT2D eigenvalue weighted by atomic mass is 16.2. The van der Waals surface area contributed by atoms with Gasteiger partial charge >= 0.3 is 0 Å². The van der Waals surface area contributed by atoms with E-state index in [1.165, 1.54) is 0 Å². The van der Waals surface area contributed by atoms with E-state index < -0.39 is 5.54 Å². The van der Waals surface area contributed by atoms with Crippen molar-refractivity contribution in [1.29, 1.82) is 0 Å². The average molecular weight is 383 g/mol. The van der Waals surface area contributed by atoms with Crippen molar-refractivity contribution in [1.82, 2.24) is 24.9 Å². The highest BCUT2D eigenvalue weighted by Gasteiger charge is 2.44. The van der Waals surface area contributed by atoms with Crippen LogP contribution in [0.4, 0.5) is 0 Å². The van der Waals surface area contributed by atoms with Crippen molar-refractivity contribution in [3.8, 4) is 0 Å². The first-order chi connectivity index (χ1) is 13.5. The normalized spacial score (nSPS) is 15.8. The zero-order chi connectivity index (χ0) is 20.1. The van der Waals surface area contributed by atoms with Crippen molar-refractivity contribution in [3.63, 3.8) is 0 Å². The average Bonchev–Trinajstić information content (AvgIpc) is 3.27. The molecule has 3 rings (SSSR count). The number of benzene rings is 1. The van der Waals surface area contributed by atoms with Gasteiger partial charge in [-0.05, 0) is 56.6 Å². The van der Waals surface area contributed by atoms with Gasteiger partial charge in [-0.15, -0.1) is 0 Å². The number of carbonyl (C=O) groups is 2. The standard InChI is InChI=1S/C21H29N5O2/c1-4-25(16-17-6-8-18(9-7-17)19(27)24(2)3)20(28)21(10-13-22-14-11-21)26-15-5-12-23-26/h5-9,12,15,22H,4,10-11,13-14,16H2,1-3H3. The Balaban J connectivity index is 1.80. The minimum Gasteiger partial charge on any atom is -0.345 e. The first kappa shape index (κ1) is 20.1. The molecule has 1 fully saturated rings. The van der Waals surface area contributed by atoms with E-state index in [1.807, 2.05) is 53.0 Å². The van der Waals surface area contributed by atoms with Crippen LogP contribution in [0.15, 0.2) is 42.7 Å². The van der Waals surface area contributed by atoms with Crippen molar-refractivity contribution in [2.45, 2.75) is 31.8 Å². The molecule has 0 saturated carbocycles. The lowest BCUT2D eigenvalue weighted by Crippen LogP contribution is -2.55. The van der Waals surface area contributed by atoms with E-state index in [2.05, 4.69) is 10.4 Å². The summed E-state index contributed by atoms with van der Waals surface area (Å²) >= 11 is 0. The number of amides is 2. The van der Waals surface area contributed by atoms with Crippen LogP contribution in [-0.4, -0.2) is 65.1 Å². The Morgan fingerprint density at radius 1 is 1.18 bits per heavy atom. The molecule has 1 N–H and O–H groups in total. The first-order valence-corrected chi connectivity index (χ1v) is 9.79. The number of nitrogens with one attached hydrogen (secondary N) is 1. The second-order valence-corrected chi connectivity index (χ2v) is 7.45. The fraction of sp³-hybridized carbons (Fsp3) is 0.476. The SMILES string of the molecule is CCN(Cc1ccc(C(=O)N(C)C)cc1)C(=O)C1(n2cccn2)CCNCC1. The highest BCUT2D eigenvalue weighted by Crippen LogP contribution is 2.30. The Morgan fingerprint density at radius 2 is 1.86 bits per heavy atom. The molecular formula is C21H29N5O2. The lowest BCUT2D eigenvalue weighted by atomic mass is 9.86. The molecule has 28 heavy (non-hydrogen) atoms. The smallest absolute Gasteiger partial charge is 0.253 e. The Morgan fingerprint density at radius 3 is 2.39 bits per heavy atom. The van der Waals surface area contributed by atoms with Gasteiger partial charge in [-0.2, -0.15) is 5.10 Å². The molecule has 2 aromatic rings. The summed E-state index contributed by atoms with van der Waals surface area (Å²) < 4.78 is 1.83. The van der Waals surface area contributed by atoms with Crippen LogP contribution in [0.2, 0.25) is 0 Å². The molecule has 0 aliphatic carbocycles. The van der Waals surface area contributed by atoms with E-state index >= 15 is 0 Å². The van der Waals surface area contributed by atoms with Crippen LogP contribution in [0, 0.1) is 0 Å². The van der Waals surface area contributed by atoms with Gasteiger partial charge in [0.25, 0.3) is 11.8 Å². The van der Waals surface area contributed by atoms with Crippen LogP contribution in [0.25, 0.3) is 0 Å². The number of hydrogen-bond acceptors (Lipinski definition) is 4. The lowest BCUT2D eigenvalue weighted by Gasteiger charge is -2.40. The van der Waals surface area contributed by atoms with E-state index in [0.717, 1.165) is 31.5 Å². The largest absolute Gasteiger partial charge is 0.345 e. The van der Waals surface area contributed by atoms with Crippen molar-refractivity contribution in [2.75, 3.05) is 33.7 Å². The topological polar surface area (TPSA) is 70.5 Å². The van der Waals surface area contributed by atoms with Crippen LogP contribution in [-0.2, 0) is 16.9 Å². The van der Waals surface area contributed by atoms with Crippen molar-refractivity contribution in [2.24, 2.45) is 0 Å². The Bertz CT molecular complexity index is 793. The Hall–Kier alpha value is -2.67. The van der Waals surface area contributed by atoms with Crippen LogP contribution in [0.3, 0.4) is 0 Å². The van der Waals surface area contributed by atoms with E-state index in [1.54, 1.807) is 25.2 Å². The maximum absolute atomic E-state index is 13.6. The number of hydrogen-bond donors (Lipinski definition) is 1. The summed E-state index contributed by atoms with van der Waals surface area (Å²) in [6.45, 7) is 4.73. The summed E-state index contributed by atoms with van der Waals surface area (Å²) in [6, 6.07) is 9.37. The minimum absolute atomic E-state index is 0.0256. The molecular weight excluding hydrogens is 354 g/mol. The van der Waals surface area contributed by atoms with Crippen LogP contribution >= 0.6 is 0 Å². The molecule has 0 unspecified atom stereocenters. The van der Waals surface area contributed by atoms with Gasteiger partial charge in [0.2, 0.25) is 0 Å². The molecule has 150 valence electrons. The van der Waals surface area contributed by atoms with Gasteiger partial charge in [0, 0.05) is 45.1 Å². The summed E-state index contributed by atoms with van der Waals surface area (Å²) in [5.74, 6) is 0.0796. The zero-order valence-electron chi connectivity index (χ0n) is 16.9. The molecule has 0 atom stereocenters. The second kappa shape index (κ2) is 8.56. The van der Waals surface area contributed by atoms with Gasteiger partial charge in [-0.3, -0.25) is 14.3 Å². The minimum atomic E-state index is -0.633. The summed E-state index contributed by atoms with van der Waals surface area (Å²) in [5, 5.41) is 7.74. The highest BCUT2D eigenvalue weighted by molar-refractivity contribution is 5.93. The monoisotopic (exact) mass is 383 g/mol. The van der Waals surface area contributed by atoms with Gasteiger partial charge < -0.3 is 15.1 Å². The number of rotatable bonds is 6. The number of carbonyl (C=O) groups excluding carboxylic acids is 2. The van der Waals surface area contributed by atoms with Gasteiger partial charge in [-0.1, -0.05) is 12.1 Å². The predicted molar refractivity (Wildman–Crippen MR) is 108 cm³/mol. The molecule has 1 aromatic heterocycles. The van der Waals surface area contributed by atoms with Crippen LogP contribution in [0.1, 0.15) is 35.7 Å². The Labute approximate surface area is 166 Å². The lowest BCUT2D eigenvalue weighted by molar-refractivity contribution is -0.143. The number of aromatic nitrogens is 2. The molecule has 2 heterocycles. The zero-order valence-corrected chi connectivity index (χ0v) is 16.9. The second-order valence-electron chi connectivity index (χ2n) is 7.45. The summed E-state index contributed by atoms with van der Waals surface area (Å²) in [5.41, 5.74) is 1.02. The summed E-state index contributed by atoms with van der Waals surface area (Å²) in [4.78, 5) is 29.1. The molecule has 1 aromatic carbocycles. The summed E-state index contributed by atoms with van der Waals surface area (Å²) in [6.07, 6.45) is 5.06. The van der Waals surface area contributed by atoms with Crippen molar-refractivity contribution >= 4 is 11.8 Å². The molecule has 0 bridgehead atoms. The van der Waals surface area contributed by atoms with Crippen molar-refractivity contribution in [3.05, 3.63) is 53.9 Å². The predicted octanol–water partition coefficient (Wildman–Crippen LogP) is 1.71. The third kappa shape index (κ3) is 3.94. The number of piperidine rings is 1. The molecule has 0 spiro atoms. The molecule has 2 amide bonds. The van der Waals surface area contributed by atoms with Crippen molar-refractivity contribution < 1.29 is 9.59 Å². The van der Waals surface area contributed by atoms with E-state index in [4.69, 9.17) is 0 Å². The molecule has 1 aliphatic heterocycles. The molecule has 7 nitrogen and oxygen atoms in total. The summed E-state index contributed by atoms with van der Waals surface area (Å²) in [7, 11) is 3.48. The van der Waals surface area contributed by atoms with Crippen LogP contribution in [0.5, 0.6) is 0 Å². The van der Waals surface area contributed by atoms with E-state index in [0.29, 0.717) is 18.7 Å². The maximum atomic E-state index is 13.6. The molecule has 0 radical (unpaired) electrons. The van der Waals surface area contributed by atoms with Crippen LogP contribution < -0.4 is 5.32 Å². The van der Waals surface area contributed by atoms with Gasteiger partial charge in [-0.25, -0.2) is 0 Å². The fourth-order valence-corrected chi connectivity index (χ4v) is 3.76. The van der Waals surface area contributed by atoms with Gasteiger partial charge in [0.15, 0.2) is 0 Å². The van der Waals surface area contributed by atoms with Gasteiger partial charge in [0.05, 0.1) is 0 Å². The first-order valence-electron chi connectivity index (χ1n) is 9.79. The van der Waals surface area contributed by atoms with E-state index in [9.17, 15) is 9.59 Å². The maximum Gasteiger partial charge on any atom is 0.253 e. The quantitative estimate of drug-likeness (QED) is 0.825. The molecule has 7 heteroatoms.